The van der Waals surface area contributed by atoms with Crippen LogP contribution in [0.3, 0.4) is 0 Å². The number of aryl methyl sites for hydroxylation is 1. The lowest BCUT2D eigenvalue weighted by molar-refractivity contribution is 0.0983. The number of aromatic nitrogens is 3. The maximum atomic E-state index is 12.2. The maximum Gasteiger partial charge on any atom is 0.280 e. The van der Waals surface area contributed by atoms with E-state index >= 15 is 0 Å². The Morgan fingerprint density at radius 2 is 2.28 bits per heavy atom. The highest BCUT2D eigenvalue weighted by Crippen LogP contribution is 2.25. The topological polar surface area (TPSA) is 82.1 Å². The molecule has 6 nitrogen and oxygen atoms in total. The molecule has 2 N–H and O–H groups in total. The Bertz CT molecular complexity index is 551. The Balaban J connectivity index is 2.39. The number of amides is 1. The molecule has 94 valence electrons. The first-order valence-corrected chi connectivity index (χ1v) is 5.60. The third kappa shape index (κ3) is 2.17. The van der Waals surface area contributed by atoms with Gasteiger partial charge < -0.3 is 10.0 Å². The summed E-state index contributed by atoms with van der Waals surface area (Å²) < 4.78 is 0. The molecular formula is C12H14N4O2. The van der Waals surface area contributed by atoms with Crippen molar-refractivity contribution >= 4 is 11.6 Å². The molecule has 1 aromatic heterocycles. The second kappa shape index (κ2) is 4.87. The van der Waals surface area contributed by atoms with Crippen LogP contribution in [0.2, 0.25) is 0 Å². The molecule has 1 aromatic carbocycles. The van der Waals surface area contributed by atoms with Crippen molar-refractivity contribution in [3.05, 3.63) is 35.7 Å². The van der Waals surface area contributed by atoms with Gasteiger partial charge in [0.15, 0.2) is 5.69 Å². The van der Waals surface area contributed by atoms with Gasteiger partial charge in [-0.2, -0.15) is 15.4 Å². The molecule has 0 radical (unpaired) electrons. The molecule has 0 atom stereocenters. The highest BCUT2D eigenvalue weighted by Gasteiger charge is 2.20. The zero-order valence-corrected chi connectivity index (χ0v) is 10.2. The third-order valence-corrected chi connectivity index (χ3v) is 2.68. The minimum atomic E-state index is -0.250. The molecule has 0 saturated carbocycles. The van der Waals surface area contributed by atoms with E-state index in [-0.39, 0.29) is 17.4 Å². The normalized spacial score (nSPS) is 10.3. The van der Waals surface area contributed by atoms with Gasteiger partial charge >= 0.3 is 0 Å². The zero-order chi connectivity index (χ0) is 13.1. The highest BCUT2D eigenvalue weighted by atomic mass is 16.3. The van der Waals surface area contributed by atoms with Gasteiger partial charge in [-0.25, -0.2) is 0 Å². The number of hydrogen-bond acceptors (Lipinski definition) is 4. The molecule has 1 heterocycles. The van der Waals surface area contributed by atoms with Gasteiger partial charge in [0.1, 0.15) is 5.75 Å². The number of nitrogens with one attached hydrogen (secondary N) is 1. The Labute approximate surface area is 104 Å². The molecule has 0 unspecified atom stereocenters. The van der Waals surface area contributed by atoms with Crippen molar-refractivity contribution in [2.45, 2.75) is 13.8 Å². The fourth-order valence-corrected chi connectivity index (χ4v) is 1.75. The predicted octanol–water partition coefficient (Wildman–Crippen LogP) is 1.49. The lowest BCUT2D eigenvalue weighted by Gasteiger charge is -2.22. The number of anilines is 1. The van der Waals surface area contributed by atoms with Crippen LogP contribution in [0, 0.1) is 6.92 Å². The smallest absolute Gasteiger partial charge is 0.280 e. The molecule has 0 aliphatic rings. The van der Waals surface area contributed by atoms with Gasteiger partial charge in [0, 0.05) is 12.6 Å². The summed E-state index contributed by atoms with van der Waals surface area (Å²) in [6.07, 6.45) is 1.38. The Morgan fingerprint density at radius 1 is 1.50 bits per heavy atom. The van der Waals surface area contributed by atoms with E-state index in [1.807, 2.05) is 13.8 Å². The number of carbonyl (C=O) groups is 1. The number of H-pyrrole nitrogens is 1. The SMILES string of the molecule is CCN(C(=O)c1cn[nH]n1)c1cc(O)ccc1C. The van der Waals surface area contributed by atoms with E-state index in [1.165, 1.54) is 6.20 Å². The first-order chi connectivity index (χ1) is 8.63. The quantitative estimate of drug-likeness (QED) is 0.859. The van der Waals surface area contributed by atoms with Gasteiger partial charge in [-0.3, -0.25) is 4.79 Å². The molecule has 0 aliphatic carbocycles. The Hall–Kier alpha value is -2.37. The van der Waals surface area contributed by atoms with Crippen LogP contribution in [-0.4, -0.2) is 33.0 Å². The van der Waals surface area contributed by atoms with E-state index in [1.54, 1.807) is 23.1 Å². The number of rotatable bonds is 3. The van der Waals surface area contributed by atoms with Crippen LogP contribution in [-0.2, 0) is 0 Å². The molecule has 6 heteroatoms. The minimum absolute atomic E-state index is 0.127. The fraction of sp³-hybridized carbons (Fsp3) is 0.250. The van der Waals surface area contributed by atoms with Crippen LogP contribution >= 0.6 is 0 Å². The number of aromatic amines is 1. The summed E-state index contributed by atoms with van der Waals surface area (Å²) in [4.78, 5) is 13.8. The largest absolute Gasteiger partial charge is 0.508 e. The van der Waals surface area contributed by atoms with Crippen molar-refractivity contribution in [2.24, 2.45) is 0 Å². The summed E-state index contributed by atoms with van der Waals surface area (Å²) in [6, 6.07) is 4.92. The average Bonchev–Trinajstić information content (AvgIpc) is 2.88. The van der Waals surface area contributed by atoms with Gasteiger partial charge in [0.05, 0.1) is 11.9 Å². The summed E-state index contributed by atoms with van der Waals surface area (Å²) in [7, 11) is 0. The lowest BCUT2D eigenvalue weighted by atomic mass is 10.1. The Kier molecular flexibility index (Phi) is 3.27. The van der Waals surface area contributed by atoms with E-state index in [0.29, 0.717) is 12.2 Å². The maximum absolute atomic E-state index is 12.2. The molecule has 2 aromatic rings. The van der Waals surface area contributed by atoms with Crippen molar-refractivity contribution in [3.63, 3.8) is 0 Å². The highest BCUT2D eigenvalue weighted by molar-refractivity contribution is 6.05. The van der Waals surface area contributed by atoms with Crippen molar-refractivity contribution in [1.82, 2.24) is 15.4 Å². The van der Waals surface area contributed by atoms with E-state index in [4.69, 9.17) is 0 Å². The third-order valence-electron chi connectivity index (χ3n) is 2.68. The molecule has 0 spiro atoms. The van der Waals surface area contributed by atoms with Crippen LogP contribution in [0.4, 0.5) is 5.69 Å². The molecule has 18 heavy (non-hydrogen) atoms. The lowest BCUT2D eigenvalue weighted by Crippen LogP contribution is -2.31. The van der Waals surface area contributed by atoms with Crippen LogP contribution in [0.1, 0.15) is 23.0 Å². The molecule has 0 saturated heterocycles. The molecule has 0 aliphatic heterocycles. The number of benzene rings is 1. The number of nitrogens with zero attached hydrogens (tertiary/aromatic N) is 3. The summed E-state index contributed by atoms with van der Waals surface area (Å²) in [5.74, 6) is -0.123. The number of aromatic hydroxyl groups is 1. The second-order valence-corrected chi connectivity index (χ2v) is 3.88. The van der Waals surface area contributed by atoms with Crippen molar-refractivity contribution in [2.75, 3.05) is 11.4 Å². The summed E-state index contributed by atoms with van der Waals surface area (Å²) in [6.45, 7) is 4.23. The first-order valence-electron chi connectivity index (χ1n) is 5.60. The van der Waals surface area contributed by atoms with Crippen LogP contribution in [0.5, 0.6) is 5.75 Å². The fourth-order valence-electron chi connectivity index (χ4n) is 1.75. The molecule has 1 amide bonds. The average molecular weight is 246 g/mol. The van der Waals surface area contributed by atoms with Crippen LogP contribution in [0.25, 0.3) is 0 Å². The number of phenolic OH excluding ortho intramolecular Hbond substituents is 1. The van der Waals surface area contributed by atoms with Gasteiger partial charge in [0.2, 0.25) is 0 Å². The van der Waals surface area contributed by atoms with Crippen LogP contribution < -0.4 is 4.90 Å². The number of carbonyl (C=O) groups excluding carboxylic acids is 1. The Morgan fingerprint density at radius 3 is 2.89 bits per heavy atom. The summed E-state index contributed by atoms with van der Waals surface area (Å²) in [5, 5.41) is 19.3. The molecule has 0 bridgehead atoms. The summed E-state index contributed by atoms with van der Waals surface area (Å²) >= 11 is 0. The second-order valence-electron chi connectivity index (χ2n) is 3.88. The molecular weight excluding hydrogens is 232 g/mol. The van der Waals surface area contributed by atoms with Crippen molar-refractivity contribution in [1.29, 1.82) is 0 Å². The number of phenols is 1. The predicted molar refractivity (Wildman–Crippen MR) is 66.6 cm³/mol. The van der Waals surface area contributed by atoms with Gasteiger partial charge in [-0.1, -0.05) is 6.07 Å². The van der Waals surface area contributed by atoms with Gasteiger partial charge in [0.25, 0.3) is 5.91 Å². The monoisotopic (exact) mass is 246 g/mol. The van der Waals surface area contributed by atoms with Gasteiger partial charge in [-0.15, -0.1) is 0 Å². The molecule has 2 rings (SSSR count). The van der Waals surface area contributed by atoms with Crippen molar-refractivity contribution < 1.29 is 9.90 Å². The van der Waals surface area contributed by atoms with E-state index in [2.05, 4.69) is 15.4 Å². The van der Waals surface area contributed by atoms with E-state index in [9.17, 15) is 9.90 Å². The van der Waals surface area contributed by atoms with Crippen molar-refractivity contribution in [3.8, 4) is 5.75 Å². The van der Waals surface area contributed by atoms with E-state index < -0.39 is 0 Å². The summed E-state index contributed by atoms with van der Waals surface area (Å²) in [5.41, 5.74) is 1.83. The van der Waals surface area contributed by atoms with Crippen LogP contribution in [0.15, 0.2) is 24.4 Å². The minimum Gasteiger partial charge on any atom is -0.508 e. The van der Waals surface area contributed by atoms with E-state index in [0.717, 1.165) is 5.56 Å². The first kappa shape index (κ1) is 12.1. The zero-order valence-electron chi connectivity index (χ0n) is 10.2. The number of hydrogen-bond donors (Lipinski definition) is 2. The standard InChI is InChI=1S/C12H14N4O2/c1-3-16(12(18)10-7-13-15-14-10)11-6-9(17)5-4-8(11)2/h4-7,17H,3H2,1-2H3,(H,13,14,15). The molecule has 0 fully saturated rings. The van der Waals surface area contributed by atoms with Gasteiger partial charge in [-0.05, 0) is 25.5 Å².